The van der Waals surface area contributed by atoms with Gasteiger partial charge in [-0.05, 0) is 41.4 Å². The zero-order valence-electron chi connectivity index (χ0n) is 10.0. The van der Waals surface area contributed by atoms with Gasteiger partial charge in [0.1, 0.15) is 11.6 Å². The summed E-state index contributed by atoms with van der Waals surface area (Å²) in [5, 5.41) is 3.33. The van der Waals surface area contributed by atoms with Crippen LogP contribution in [0.25, 0.3) is 5.69 Å². The smallest absolute Gasteiger partial charge is 0.148 e. The molecule has 1 aromatic carbocycles. The molecule has 1 aliphatic rings. The van der Waals surface area contributed by atoms with Gasteiger partial charge < -0.3 is 5.32 Å². The van der Waals surface area contributed by atoms with Crippen molar-refractivity contribution in [2.45, 2.75) is 18.9 Å². The van der Waals surface area contributed by atoms with Gasteiger partial charge in [-0.2, -0.15) is 0 Å². The summed E-state index contributed by atoms with van der Waals surface area (Å²) in [6.45, 7) is 0.938. The zero-order valence-corrected chi connectivity index (χ0v) is 11.6. The first kappa shape index (κ1) is 12.7. The van der Waals surface area contributed by atoms with Gasteiger partial charge in [0.05, 0.1) is 28.4 Å². The quantitative estimate of drug-likeness (QED) is 0.857. The molecular formula is C13H12BrF2N3. The normalized spacial score (nSPS) is 19.0. The first-order valence-electron chi connectivity index (χ1n) is 6.07. The third kappa shape index (κ3) is 2.30. The number of nitrogens with zero attached hydrogens (tertiary/aromatic N) is 2. The fourth-order valence-electron chi connectivity index (χ4n) is 2.40. The van der Waals surface area contributed by atoms with Gasteiger partial charge >= 0.3 is 0 Å². The minimum Gasteiger partial charge on any atom is -0.309 e. The minimum absolute atomic E-state index is 0.120. The lowest BCUT2D eigenvalue weighted by atomic mass is 10.1. The molecule has 1 unspecified atom stereocenters. The molecule has 0 amide bonds. The van der Waals surface area contributed by atoms with E-state index >= 15 is 0 Å². The summed E-state index contributed by atoms with van der Waals surface area (Å²) < 4.78 is 29.3. The van der Waals surface area contributed by atoms with Crippen LogP contribution in [0.4, 0.5) is 8.78 Å². The van der Waals surface area contributed by atoms with Crippen molar-refractivity contribution < 1.29 is 8.78 Å². The highest BCUT2D eigenvalue weighted by molar-refractivity contribution is 9.10. The van der Waals surface area contributed by atoms with Crippen LogP contribution in [0.1, 0.15) is 24.6 Å². The van der Waals surface area contributed by atoms with Crippen LogP contribution in [-0.2, 0) is 0 Å². The summed E-state index contributed by atoms with van der Waals surface area (Å²) in [6.07, 6.45) is 5.27. The van der Waals surface area contributed by atoms with E-state index in [0.717, 1.165) is 31.1 Å². The number of nitrogens with one attached hydrogen (secondary N) is 1. The van der Waals surface area contributed by atoms with E-state index in [1.807, 2.05) is 0 Å². The Kier molecular flexibility index (Phi) is 3.36. The third-order valence-electron chi connectivity index (χ3n) is 3.33. The molecule has 1 atom stereocenters. The molecule has 1 saturated heterocycles. The van der Waals surface area contributed by atoms with Crippen molar-refractivity contribution in [3.8, 4) is 5.69 Å². The van der Waals surface area contributed by atoms with Crippen LogP contribution in [0.3, 0.4) is 0 Å². The average Bonchev–Trinajstić information content (AvgIpc) is 3.03. The summed E-state index contributed by atoms with van der Waals surface area (Å²) in [7, 11) is 0. The van der Waals surface area contributed by atoms with Gasteiger partial charge in [0.25, 0.3) is 0 Å². The average molecular weight is 328 g/mol. The Morgan fingerprint density at radius 2 is 2.16 bits per heavy atom. The molecule has 6 heteroatoms. The number of hydrogen-bond donors (Lipinski definition) is 1. The van der Waals surface area contributed by atoms with Crippen LogP contribution in [0.5, 0.6) is 0 Å². The second kappa shape index (κ2) is 5.02. The Hall–Kier alpha value is -1.27. The summed E-state index contributed by atoms with van der Waals surface area (Å²) in [4.78, 5) is 4.06. The van der Waals surface area contributed by atoms with Crippen molar-refractivity contribution in [2.24, 2.45) is 0 Å². The van der Waals surface area contributed by atoms with Gasteiger partial charge in [-0.25, -0.2) is 13.8 Å². The number of rotatable bonds is 2. The van der Waals surface area contributed by atoms with Crippen LogP contribution >= 0.6 is 15.9 Å². The molecule has 1 aromatic heterocycles. The Bertz CT molecular complexity index is 606. The third-order valence-corrected chi connectivity index (χ3v) is 3.94. The summed E-state index contributed by atoms with van der Waals surface area (Å²) in [5.41, 5.74) is 1.04. The molecule has 19 heavy (non-hydrogen) atoms. The van der Waals surface area contributed by atoms with Crippen LogP contribution in [-0.4, -0.2) is 16.1 Å². The second-order valence-corrected chi connectivity index (χ2v) is 5.41. The first-order chi connectivity index (χ1) is 9.16. The number of imidazole rings is 1. The van der Waals surface area contributed by atoms with E-state index in [0.29, 0.717) is 0 Å². The highest BCUT2D eigenvalue weighted by atomic mass is 79.9. The van der Waals surface area contributed by atoms with Crippen molar-refractivity contribution in [1.82, 2.24) is 14.9 Å². The molecule has 0 radical (unpaired) electrons. The van der Waals surface area contributed by atoms with Gasteiger partial charge in [-0.3, -0.25) is 4.57 Å². The van der Waals surface area contributed by atoms with E-state index in [4.69, 9.17) is 0 Å². The number of halogens is 3. The first-order valence-corrected chi connectivity index (χ1v) is 6.86. The summed E-state index contributed by atoms with van der Waals surface area (Å²) in [5.74, 6) is -0.971. The van der Waals surface area contributed by atoms with Gasteiger partial charge in [-0.15, -0.1) is 0 Å². The van der Waals surface area contributed by atoms with Crippen molar-refractivity contribution in [2.75, 3.05) is 6.54 Å². The fraction of sp³-hybridized carbons (Fsp3) is 0.308. The van der Waals surface area contributed by atoms with Crippen molar-refractivity contribution in [3.63, 3.8) is 0 Å². The lowest BCUT2D eigenvalue weighted by molar-refractivity contribution is 0.573. The molecule has 1 fully saturated rings. The molecular weight excluding hydrogens is 316 g/mol. The monoisotopic (exact) mass is 327 g/mol. The summed E-state index contributed by atoms with van der Waals surface area (Å²) in [6, 6.07) is 2.46. The Balaban J connectivity index is 2.07. The van der Waals surface area contributed by atoms with Crippen LogP contribution in [0.15, 0.2) is 29.1 Å². The Morgan fingerprint density at radius 1 is 1.32 bits per heavy atom. The zero-order chi connectivity index (χ0) is 13.4. The van der Waals surface area contributed by atoms with Crippen molar-refractivity contribution >= 4 is 15.9 Å². The SMILES string of the molecule is Fc1cc(-n2cncc2C2CCCN2)c(F)cc1Br. The van der Waals surface area contributed by atoms with E-state index < -0.39 is 11.6 Å². The molecule has 0 spiro atoms. The standard InChI is InChI=1S/C13H12BrF2N3/c14-8-4-10(16)12(5-9(8)15)19-7-17-6-13(19)11-2-1-3-18-11/h4-7,11,18H,1-3H2. The molecule has 1 N–H and O–H groups in total. The van der Waals surface area contributed by atoms with E-state index in [1.54, 1.807) is 10.8 Å². The van der Waals surface area contributed by atoms with Gasteiger partial charge in [-0.1, -0.05) is 0 Å². The minimum atomic E-state index is -0.490. The molecule has 2 aromatic rings. The van der Waals surface area contributed by atoms with Gasteiger partial charge in [0.2, 0.25) is 0 Å². The molecule has 0 aliphatic carbocycles. The predicted molar refractivity (Wildman–Crippen MR) is 71.2 cm³/mol. The van der Waals surface area contributed by atoms with E-state index in [2.05, 4.69) is 26.2 Å². The van der Waals surface area contributed by atoms with Crippen molar-refractivity contribution in [1.29, 1.82) is 0 Å². The lowest BCUT2D eigenvalue weighted by Crippen LogP contribution is -2.16. The molecule has 3 nitrogen and oxygen atoms in total. The Labute approximate surface area is 117 Å². The highest BCUT2D eigenvalue weighted by Crippen LogP contribution is 2.28. The molecule has 3 rings (SSSR count). The molecule has 0 saturated carbocycles. The number of benzene rings is 1. The number of aromatic nitrogens is 2. The van der Waals surface area contributed by atoms with Crippen LogP contribution < -0.4 is 5.32 Å². The van der Waals surface area contributed by atoms with Gasteiger partial charge in [0.15, 0.2) is 0 Å². The molecule has 1 aliphatic heterocycles. The topological polar surface area (TPSA) is 29.9 Å². The van der Waals surface area contributed by atoms with Crippen LogP contribution in [0, 0.1) is 11.6 Å². The van der Waals surface area contributed by atoms with Crippen molar-refractivity contribution in [3.05, 3.63) is 46.5 Å². The molecule has 100 valence electrons. The predicted octanol–water partition coefficient (Wildman–Crippen LogP) is 3.34. The van der Waals surface area contributed by atoms with Crippen LogP contribution in [0.2, 0.25) is 0 Å². The maximum absolute atomic E-state index is 14.0. The molecule has 2 heterocycles. The van der Waals surface area contributed by atoms with E-state index in [-0.39, 0.29) is 16.2 Å². The maximum Gasteiger partial charge on any atom is 0.148 e. The fourth-order valence-corrected chi connectivity index (χ4v) is 2.71. The lowest BCUT2D eigenvalue weighted by Gasteiger charge is -2.14. The Morgan fingerprint density at radius 3 is 2.89 bits per heavy atom. The second-order valence-electron chi connectivity index (χ2n) is 4.56. The summed E-state index contributed by atoms with van der Waals surface area (Å²) >= 11 is 2.98. The highest BCUT2D eigenvalue weighted by Gasteiger charge is 2.22. The maximum atomic E-state index is 14.0. The number of hydrogen-bond acceptors (Lipinski definition) is 2. The largest absolute Gasteiger partial charge is 0.309 e. The van der Waals surface area contributed by atoms with E-state index in [9.17, 15) is 8.78 Å². The van der Waals surface area contributed by atoms with Gasteiger partial charge in [0, 0.05) is 12.1 Å². The molecule has 0 bridgehead atoms. The van der Waals surface area contributed by atoms with E-state index in [1.165, 1.54) is 12.4 Å².